The molecule has 0 aliphatic heterocycles. The van der Waals surface area contributed by atoms with Gasteiger partial charge in [0.25, 0.3) is 0 Å². The van der Waals surface area contributed by atoms with Crippen LogP contribution >= 0.6 is 23.2 Å². The van der Waals surface area contributed by atoms with Crippen LogP contribution in [0.5, 0.6) is 5.75 Å². The number of aliphatic hydroxyl groups excluding tert-OH is 1. The fourth-order valence-electron chi connectivity index (χ4n) is 2.42. The lowest BCUT2D eigenvalue weighted by Crippen LogP contribution is -2.10. The Morgan fingerprint density at radius 1 is 1.29 bits per heavy atom. The maximum absolute atomic E-state index is 11.9. The Bertz CT molecular complexity index is 848. The third kappa shape index (κ3) is 3.67. The Morgan fingerprint density at radius 3 is 2.50 bits per heavy atom. The second-order valence-corrected chi connectivity index (χ2v) is 7.96. The normalized spacial score (nSPS) is 12.9. The number of nitrogens with zero attached hydrogens (tertiary/aromatic N) is 1. The van der Waals surface area contributed by atoms with Crippen molar-refractivity contribution in [2.24, 2.45) is 0 Å². The highest BCUT2D eigenvalue weighted by molar-refractivity contribution is 7.90. The van der Waals surface area contributed by atoms with Crippen LogP contribution in [0.3, 0.4) is 0 Å². The molecule has 0 amide bonds. The number of halogens is 2. The number of benzene rings is 1. The third-order valence-corrected chi connectivity index (χ3v) is 5.31. The van der Waals surface area contributed by atoms with Crippen molar-refractivity contribution in [1.29, 1.82) is 0 Å². The van der Waals surface area contributed by atoms with E-state index >= 15 is 0 Å². The molecule has 1 N–H and O–H groups in total. The van der Waals surface area contributed by atoms with E-state index in [9.17, 15) is 13.5 Å². The van der Waals surface area contributed by atoms with Crippen molar-refractivity contribution in [2.75, 3.05) is 12.9 Å². The van der Waals surface area contributed by atoms with E-state index in [0.29, 0.717) is 11.1 Å². The largest absolute Gasteiger partial charge is 0.492 e. The van der Waals surface area contributed by atoms with Gasteiger partial charge in [-0.2, -0.15) is 0 Å². The molecule has 1 aromatic carbocycles. The standard InChI is InChI=1S/C16H17Cl2NO4S/c1-4-23-15-9(2)10(5-6-12(15)24(3,21)22)14(20)13-11(17)7-8-19-16(13)18/h5-8,14,20H,4H2,1-3H3. The van der Waals surface area contributed by atoms with Crippen molar-refractivity contribution in [1.82, 2.24) is 4.98 Å². The lowest BCUT2D eigenvalue weighted by Gasteiger charge is -2.20. The van der Waals surface area contributed by atoms with Crippen LogP contribution in [0.2, 0.25) is 10.2 Å². The van der Waals surface area contributed by atoms with Crippen LogP contribution in [0.25, 0.3) is 0 Å². The van der Waals surface area contributed by atoms with Crippen LogP contribution < -0.4 is 4.74 Å². The van der Waals surface area contributed by atoms with Crippen LogP contribution in [0.4, 0.5) is 0 Å². The lowest BCUT2D eigenvalue weighted by molar-refractivity contribution is 0.218. The third-order valence-electron chi connectivity index (χ3n) is 3.56. The molecule has 130 valence electrons. The first-order chi connectivity index (χ1) is 11.2. The Labute approximate surface area is 151 Å². The first-order valence-corrected chi connectivity index (χ1v) is 9.77. The van der Waals surface area contributed by atoms with Crippen molar-refractivity contribution in [3.05, 3.63) is 51.3 Å². The summed E-state index contributed by atoms with van der Waals surface area (Å²) in [4.78, 5) is 4.00. The van der Waals surface area contributed by atoms with E-state index in [1.54, 1.807) is 13.8 Å². The molecule has 0 fully saturated rings. The molecule has 0 spiro atoms. The van der Waals surface area contributed by atoms with Gasteiger partial charge < -0.3 is 9.84 Å². The molecule has 8 heteroatoms. The van der Waals surface area contributed by atoms with Gasteiger partial charge in [-0.05, 0) is 37.1 Å². The molecule has 0 radical (unpaired) electrons. The van der Waals surface area contributed by atoms with Gasteiger partial charge in [0, 0.05) is 18.0 Å². The van der Waals surface area contributed by atoms with Gasteiger partial charge in [0.2, 0.25) is 0 Å². The molecule has 5 nitrogen and oxygen atoms in total. The van der Waals surface area contributed by atoms with Gasteiger partial charge in [-0.25, -0.2) is 13.4 Å². The quantitative estimate of drug-likeness (QED) is 0.790. The average molecular weight is 390 g/mol. The molecule has 0 saturated heterocycles. The first kappa shape index (κ1) is 19.0. The second-order valence-electron chi connectivity index (χ2n) is 5.21. The summed E-state index contributed by atoms with van der Waals surface area (Å²) >= 11 is 12.2. The Morgan fingerprint density at radius 2 is 1.96 bits per heavy atom. The van der Waals surface area contributed by atoms with Gasteiger partial charge in [-0.15, -0.1) is 0 Å². The van der Waals surface area contributed by atoms with Gasteiger partial charge in [0.05, 0.1) is 11.6 Å². The Hall–Kier alpha value is -1.34. The Kier molecular flexibility index (Phi) is 5.75. The van der Waals surface area contributed by atoms with E-state index in [-0.39, 0.29) is 33.0 Å². The maximum Gasteiger partial charge on any atom is 0.179 e. The molecule has 0 bridgehead atoms. The molecular formula is C16H17Cl2NO4S. The van der Waals surface area contributed by atoms with E-state index < -0.39 is 15.9 Å². The van der Waals surface area contributed by atoms with Crippen molar-refractivity contribution < 1.29 is 18.3 Å². The molecule has 1 aromatic heterocycles. The first-order valence-electron chi connectivity index (χ1n) is 7.12. The van der Waals surface area contributed by atoms with Crippen molar-refractivity contribution in [3.63, 3.8) is 0 Å². The summed E-state index contributed by atoms with van der Waals surface area (Å²) in [7, 11) is -3.47. The minimum Gasteiger partial charge on any atom is -0.492 e. The number of hydrogen-bond donors (Lipinski definition) is 1. The van der Waals surface area contributed by atoms with E-state index in [1.165, 1.54) is 24.4 Å². The molecule has 0 aliphatic rings. The molecule has 2 rings (SSSR count). The molecule has 0 saturated carbocycles. The zero-order chi connectivity index (χ0) is 18.1. The number of hydrogen-bond acceptors (Lipinski definition) is 5. The van der Waals surface area contributed by atoms with E-state index in [2.05, 4.69) is 4.98 Å². The van der Waals surface area contributed by atoms with Gasteiger partial charge in [0.15, 0.2) is 9.84 Å². The monoisotopic (exact) mass is 389 g/mol. The predicted octanol–water partition coefficient (Wildman–Crippen LogP) is 3.58. The minimum absolute atomic E-state index is 0.0705. The number of pyridine rings is 1. The predicted molar refractivity (Wildman–Crippen MR) is 93.8 cm³/mol. The highest BCUT2D eigenvalue weighted by Crippen LogP contribution is 2.38. The fourth-order valence-corrected chi connectivity index (χ4v) is 3.84. The summed E-state index contributed by atoms with van der Waals surface area (Å²) in [6.45, 7) is 3.72. The van der Waals surface area contributed by atoms with Crippen LogP contribution in [0, 0.1) is 6.92 Å². The molecule has 24 heavy (non-hydrogen) atoms. The zero-order valence-corrected chi connectivity index (χ0v) is 15.7. The number of ether oxygens (including phenoxy) is 1. The van der Waals surface area contributed by atoms with E-state index in [1.807, 2.05) is 0 Å². The SMILES string of the molecule is CCOc1c(S(C)(=O)=O)ccc(C(O)c2c(Cl)ccnc2Cl)c1C. The zero-order valence-electron chi connectivity index (χ0n) is 13.4. The van der Waals surface area contributed by atoms with Crippen molar-refractivity contribution in [2.45, 2.75) is 24.8 Å². The number of aliphatic hydroxyl groups is 1. The van der Waals surface area contributed by atoms with E-state index in [0.717, 1.165) is 6.26 Å². The fraction of sp³-hybridized carbons (Fsp3) is 0.312. The number of rotatable bonds is 5. The summed E-state index contributed by atoms with van der Waals surface area (Å²) < 4.78 is 29.4. The van der Waals surface area contributed by atoms with Gasteiger partial charge in [0.1, 0.15) is 21.9 Å². The maximum atomic E-state index is 11.9. The smallest absolute Gasteiger partial charge is 0.179 e. The highest BCUT2D eigenvalue weighted by atomic mass is 35.5. The Balaban J connectivity index is 2.66. The van der Waals surface area contributed by atoms with Crippen molar-refractivity contribution in [3.8, 4) is 5.75 Å². The molecule has 0 aliphatic carbocycles. The number of aromatic nitrogens is 1. The summed E-state index contributed by atoms with van der Waals surface area (Å²) in [5.41, 5.74) is 1.21. The van der Waals surface area contributed by atoms with Crippen molar-refractivity contribution >= 4 is 33.0 Å². The summed E-state index contributed by atoms with van der Waals surface area (Å²) in [5.74, 6) is 0.215. The minimum atomic E-state index is -3.47. The van der Waals surface area contributed by atoms with Gasteiger partial charge in [-0.3, -0.25) is 0 Å². The molecular weight excluding hydrogens is 373 g/mol. The lowest BCUT2D eigenvalue weighted by atomic mass is 9.98. The molecule has 1 heterocycles. The second kappa shape index (κ2) is 7.27. The molecule has 1 atom stereocenters. The van der Waals surface area contributed by atoms with E-state index in [4.69, 9.17) is 27.9 Å². The summed E-state index contributed by atoms with van der Waals surface area (Å²) in [5, 5.41) is 11.1. The highest BCUT2D eigenvalue weighted by Gasteiger charge is 2.25. The number of sulfone groups is 1. The van der Waals surface area contributed by atoms with Crippen LogP contribution in [-0.2, 0) is 9.84 Å². The van der Waals surface area contributed by atoms with Gasteiger partial charge >= 0.3 is 0 Å². The van der Waals surface area contributed by atoms with Crippen LogP contribution in [0.15, 0.2) is 29.3 Å². The molecule has 2 aromatic rings. The topological polar surface area (TPSA) is 76.5 Å². The van der Waals surface area contributed by atoms with Crippen LogP contribution in [0.1, 0.15) is 29.7 Å². The summed E-state index contributed by atoms with van der Waals surface area (Å²) in [6, 6.07) is 4.46. The van der Waals surface area contributed by atoms with Crippen LogP contribution in [-0.4, -0.2) is 31.4 Å². The molecule has 1 unspecified atom stereocenters. The average Bonchev–Trinajstić information content (AvgIpc) is 2.47. The summed E-state index contributed by atoms with van der Waals surface area (Å²) in [6.07, 6.45) is 1.38. The van der Waals surface area contributed by atoms with Gasteiger partial charge in [-0.1, -0.05) is 29.3 Å².